The molecule has 0 bridgehead atoms. The fourth-order valence-corrected chi connectivity index (χ4v) is 5.08. The molecule has 3 heterocycles. The van der Waals surface area contributed by atoms with Crippen LogP contribution in [-0.4, -0.2) is 58.2 Å². The van der Waals surface area contributed by atoms with E-state index in [4.69, 9.17) is 4.98 Å². The average Bonchev–Trinajstić information content (AvgIpc) is 3.23. The van der Waals surface area contributed by atoms with E-state index in [1.807, 2.05) is 18.6 Å². The normalized spacial score (nSPS) is 15.3. The van der Waals surface area contributed by atoms with Gasteiger partial charge in [-0.25, -0.2) is 19.3 Å². The first-order valence-electron chi connectivity index (χ1n) is 11.0. The molecule has 32 heavy (non-hydrogen) atoms. The van der Waals surface area contributed by atoms with Gasteiger partial charge in [0, 0.05) is 49.9 Å². The van der Waals surface area contributed by atoms with Crippen molar-refractivity contribution in [1.82, 2.24) is 25.2 Å². The number of nitrogens with one attached hydrogen (secondary N) is 1. The third-order valence-corrected chi connectivity index (χ3v) is 7.55. The Bertz CT molecular complexity index is 1070. The van der Waals surface area contributed by atoms with Crippen molar-refractivity contribution in [2.24, 2.45) is 5.92 Å². The number of thiazole rings is 1. The summed E-state index contributed by atoms with van der Waals surface area (Å²) in [6.07, 6.45) is 9.48. The minimum atomic E-state index is -0.461. The Balaban J connectivity index is 1.35. The van der Waals surface area contributed by atoms with Crippen LogP contribution in [0.2, 0.25) is 0 Å². The lowest BCUT2D eigenvalue weighted by Crippen LogP contribution is -2.46. The highest BCUT2D eigenvalue weighted by Crippen LogP contribution is 2.28. The van der Waals surface area contributed by atoms with E-state index in [1.165, 1.54) is 17.4 Å². The quantitative estimate of drug-likeness (QED) is 0.495. The van der Waals surface area contributed by atoms with Crippen LogP contribution in [0, 0.1) is 11.7 Å². The number of rotatable bonds is 8. The van der Waals surface area contributed by atoms with Crippen molar-refractivity contribution in [2.75, 3.05) is 32.4 Å². The molecule has 1 saturated heterocycles. The molecule has 1 N–H and O–H groups in total. The van der Waals surface area contributed by atoms with Crippen molar-refractivity contribution in [3.63, 3.8) is 0 Å². The molecule has 0 spiro atoms. The summed E-state index contributed by atoms with van der Waals surface area (Å²) in [5.41, 5.74) is 0.830. The van der Waals surface area contributed by atoms with Crippen molar-refractivity contribution in [3.05, 3.63) is 46.7 Å². The second-order valence-electron chi connectivity index (χ2n) is 8.17. The van der Waals surface area contributed by atoms with Gasteiger partial charge in [-0.2, -0.15) is 0 Å². The van der Waals surface area contributed by atoms with Crippen LogP contribution >= 0.6 is 23.1 Å². The van der Waals surface area contributed by atoms with Gasteiger partial charge >= 0.3 is 0 Å². The van der Waals surface area contributed by atoms with E-state index in [-0.39, 0.29) is 11.5 Å². The van der Waals surface area contributed by atoms with Crippen LogP contribution in [0.3, 0.4) is 0 Å². The lowest BCUT2D eigenvalue weighted by Gasteiger charge is -2.27. The molecule has 0 unspecified atom stereocenters. The largest absolute Gasteiger partial charge is 0.336 e. The molecule has 1 atom stereocenters. The summed E-state index contributed by atoms with van der Waals surface area (Å²) in [5.74, 6) is 0.679. The number of benzene rings is 1. The molecule has 1 amide bonds. The van der Waals surface area contributed by atoms with Crippen molar-refractivity contribution < 1.29 is 9.18 Å². The zero-order valence-corrected chi connectivity index (χ0v) is 20.1. The summed E-state index contributed by atoms with van der Waals surface area (Å²) in [5, 5.41) is 4.19. The molecule has 2 aromatic heterocycles. The van der Waals surface area contributed by atoms with Crippen LogP contribution in [-0.2, 0) is 12.8 Å². The molecule has 0 aliphatic carbocycles. The molecular formula is C23H28FN5OS2. The van der Waals surface area contributed by atoms with Crippen LogP contribution in [0.25, 0.3) is 10.2 Å². The predicted octanol–water partition coefficient (Wildman–Crippen LogP) is 4.19. The molecule has 0 radical (unpaired) electrons. The number of aryl methyl sites for hydroxylation is 2. The lowest BCUT2D eigenvalue weighted by molar-refractivity contribution is 0.0731. The number of thioether (sulfide) groups is 1. The van der Waals surface area contributed by atoms with Crippen molar-refractivity contribution in [1.29, 1.82) is 0 Å². The summed E-state index contributed by atoms with van der Waals surface area (Å²) < 4.78 is 15.5. The molecule has 1 fully saturated rings. The summed E-state index contributed by atoms with van der Waals surface area (Å²) in [7, 11) is 0. The van der Waals surface area contributed by atoms with Gasteiger partial charge in [-0.3, -0.25) is 4.79 Å². The second-order valence-corrected chi connectivity index (χ2v) is 10.2. The van der Waals surface area contributed by atoms with Crippen molar-refractivity contribution >= 4 is 39.2 Å². The van der Waals surface area contributed by atoms with E-state index in [9.17, 15) is 9.18 Å². The van der Waals surface area contributed by atoms with E-state index in [2.05, 4.69) is 22.2 Å². The Morgan fingerprint density at radius 1 is 1.22 bits per heavy atom. The number of piperazine rings is 1. The fourth-order valence-electron chi connectivity index (χ4n) is 3.77. The Kier molecular flexibility index (Phi) is 7.70. The van der Waals surface area contributed by atoms with Gasteiger partial charge < -0.3 is 10.2 Å². The molecule has 170 valence electrons. The number of halogens is 1. The maximum absolute atomic E-state index is 14.7. The van der Waals surface area contributed by atoms with E-state index in [0.717, 1.165) is 59.2 Å². The highest BCUT2D eigenvalue weighted by molar-refractivity contribution is 7.98. The molecule has 4 rings (SSSR count). The maximum atomic E-state index is 14.7. The first-order chi connectivity index (χ1) is 15.5. The minimum absolute atomic E-state index is 0.122. The summed E-state index contributed by atoms with van der Waals surface area (Å²) >= 11 is 3.16. The number of hydrogen-bond donors (Lipinski definition) is 1. The van der Waals surface area contributed by atoms with E-state index in [1.54, 1.807) is 22.7 Å². The van der Waals surface area contributed by atoms with Gasteiger partial charge in [-0.05, 0) is 43.6 Å². The van der Waals surface area contributed by atoms with Gasteiger partial charge in [0.25, 0.3) is 5.91 Å². The van der Waals surface area contributed by atoms with Crippen molar-refractivity contribution in [2.45, 2.75) is 37.5 Å². The standard InChI is InChI=1S/C23H28FN5OS2/c1-15(3-5-21-26-13-16(31-2)14-27-21)4-6-22-28-19-11-17(18(24)12-20(19)32-22)23(30)29-9-7-25-8-10-29/h11-15,25H,3-10H2,1-2H3/t15-/m0/s1. The van der Waals surface area contributed by atoms with Gasteiger partial charge in [0.05, 0.1) is 20.8 Å². The van der Waals surface area contributed by atoms with Crippen LogP contribution in [0.1, 0.15) is 41.0 Å². The topological polar surface area (TPSA) is 71.0 Å². The van der Waals surface area contributed by atoms with E-state index >= 15 is 0 Å². The zero-order chi connectivity index (χ0) is 22.5. The minimum Gasteiger partial charge on any atom is -0.336 e. The Morgan fingerprint density at radius 2 is 1.94 bits per heavy atom. The summed E-state index contributed by atoms with van der Waals surface area (Å²) in [6.45, 7) is 4.91. The Hall–Kier alpha value is -2.10. The Morgan fingerprint density at radius 3 is 2.66 bits per heavy atom. The molecule has 0 saturated carbocycles. The van der Waals surface area contributed by atoms with E-state index < -0.39 is 5.82 Å². The number of fused-ring (bicyclic) bond motifs is 1. The number of nitrogens with zero attached hydrogens (tertiary/aromatic N) is 4. The molecule has 9 heteroatoms. The fraction of sp³-hybridized carbons (Fsp3) is 0.478. The highest BCUT2D eigenvalue weighted by Gasteiger charge is 2.22. The predicted molar refractivity (Wildman–Crippen MR) is 128 cm³/mol. The second kappa shape index (κ2) is 10.7. The molecular weight excluding hydrogens is 445 g/mol. The monoisotopic (exact) mass is 473 g/mol. The van der Waals surface area contributed by atoms with Gasteiger partial charge in [0.15, 0.2) is 0 Å². The Labute approximate surface area is 196 Å². The average molecular weight is 474 g/mol. The molecule has 1 aliphatic rings. The molecule has 6 nitrogen and oxygen atoms in total. The smallest absolute Gasteiger partial charge is 0.256 e. The zero-order valence-electron chi connectivity index (χ0n) is 18.4. The third kappa shape index (κ3) is 5.63. The highest BCUT2D eigenvalue weighted by atomic mass is 32.2. The number of aromatic nitrogens is 3. The van der Waals surface area contributed by atoms with Crippen LogP contribution in [0.4, 0.5) is 4.39 Å². The van der Waals surface area contributed by atoms with Crippen LogP contribution < -0.4 is 5.32 Å². The van der Waals surface area contributed by atoms with Gasteiger partial charge in [-0.15, -0.1) is 23.1 Å². The molecule has 1 aliphatic heterocycles. The summed E-state index contributed by atoms with van der Waals surface area (Å²) in [4.78, 5) is 29.0. The van der Waals surface area contributed by atoms with Crippen LogP contribution in [0.15, 0.2) is 29.4 Å². The SMILES string of the molecule is CSc1cnc(CC[C@H](C)CCc2nc3cc(C(=O)N4CCNCC4)c(F)cc3s2)nc1. The van der Waals surface area contributed by atoms with Gasteiger partial charge in [0.1, 0.15) is 11.6 Å². The molecule has 1 aromatic carbocycles. The number of amides is 1. The van der Waals surface area contributed by atoms with Gasteiger partial charge in [0.2, 0.25) is 0 Å². The van der Waals surface area contributed by atoms with Crippen LogP contribution in [0.5, 0.6) is 0 Å². The third-order valence-electron chi connectivity index (χ3n) is 5.79. The van der Waals surface area contributed by atoms with Crippen molar-refractivity contribution in [3.8, 4) is 0 Å². The lowest BCUT2D eigenvalue weighted by atomic mass is 10.00. The van der Waals surface area contributed by atoms with E-state index in [0.29, 0.717) is 24.5 Å². The maximum Gasteiger partial charge on any atom is 0.256 e. The number of carbonyl (C=O) groups is 1. The first kappa shape index (κ1) is 23.1. The molecule has 3 aromatic rings. The number of hydrogen-bond acceptors (Lipinski definition) is 7. The van der Waals surface area contributed by atoms with Gasteiger partial charge in [-0.1, -0.05) is 6.92 Å². The summed E-state index contributed by atoms with van der Waals surface area (Å²) in [6, 6.07) is 3.08. The number of carbonyl (C=O) groups excluding carboxylic acids is 1. The first-order valence-corrected chi connectivity index (χ1v) is 13.0.